The number of alkyl halides is 5. The second kappa shape index (κ2) is 7.41. The van der Waals surface area contributed by atoms with E-state index >= 15 is 0 Å². The van der Waals surface area contributed by atoms with Crippen LogP contribution >= 0.6 is 0 Å². The summed E-state index contributed by atoms with van der Waals surface area (Å²) in [6.45, 7) is 3.09. The van der Waals surface area contributed by atoms with Crippen LogP contribution in [0.2, 0.25) is 0 Å². The SMILES string of the molecule is CC(C)Cc1c(C(=O)O)c(C(F)F)nc(C(F)(F)F)c1C(=O)n1cccn1. The Bertz CT molecular complexity index is 861. The highest BCUT2D eigenvalue weighted by Gasteiger charge is 2.42. The zero-order valence-corrected chi connectivity index (χ0v) is 14.1. The number of aromatic carboxylic acids is 1. The van der Waals surface area contributed by atoms with Gasteiger partial charge in [-0.3, -0.25) is 4.79 Å². The molecule has 0 saturated carbocycles. The molecule has 2 rings (SSSR count). The van der Waals surface area contributed by atoms with Crippen LogP contribution in [0.1, 0.15) is 57.9 Å². The standard InChI is InChI=1S/C16H14F5N3O3/c1-7(2)6-8-9(15(26)27)11(13(17)18)23-12(16(19,20)21)10(8)14(25)24-5-3-4-22-24/h3-5,7,13H,6H2,1-2H3,(H,26,27). The van der Waals surface area contributed by atoms with E-state index in [-0.39, 0.29) is 6.42 Å². The molecule has 2 heterocycles. The van der Waals surface area contributed by atoms with Gasteiger partial charge in [0.05, 0.1) is 11.1 Å². The van der Waals surface area contributed by atoms with Crippen molar-refractivity contribution in [3.05, 3.63) is 46.5 Å². The summed E-state index contributed by atoms with van der Waals surface area (Å²) in [4.78, 5) is 27.0. The summed E-state index contributed by atoms with van der Waals surface area (Å²) in [5, 5.41) is 12.9. The topological polar surface area (TPSA) is 85.1 Å². The molecular weight excluding hydrogens is 377 g/mol. The Hall–Kier alpha value is -2.85. The van der Waals surface area contributed by atoms with Gasteiger partial charge in [0.15, 0.2) is 5.69 Å². The molecule has 0 spiro atoms. The number of carbonyl (C=O) groups is 2. The molecule has 0 aliphatic carbocycles. The number of carboxylic acid groups (broad SMARTS) is 1. The van der Waals surface area contributed by atoms with E-state index in [1.165, 1.54) is 6.07 Å². The number of hydrogen-bond donors (Lipinski definition) is 1. The average Bonchev–Trinajstić information content (AvgIpc) is 3.05. The van der Waals surface area contributed by atoms with Crippen LogP contribution in [0.15, 0.2) is 18.5 Å². The minimum Gasteiger partial charge on any atom is -0.478 e. The summed E-state index contributed by atoms with van der Waals surface area (Å²) >= 11 is 0. The first-order valence-corrected chi connectivity index (χ1v) is 7.64. The van der Waals surface area contributed by atoms with Gasteiger partial charge >= 0.3 is 12.1 Å². The van der Waals surface area contributed by atoms with Gasteiger partial charge in [0, 0.05) is 12.4 Å². The molecule has 2 aromatic rings. The van der Waals surface area contributed by atoms with Crippen LogP contribution in [0.3, 0.4) is 0 Å². The Kier molecular flexibility index (Phi) is 5.62. The van der Waals surface area contributed by atoms with Crippen LogP contribution in [-0.4, -0.2) is 31.7 Å². The lowest BCUT2D eigenvalue weighted by Gasteiger charge is -2.21. The van der Waals surface area contributed by atoms with Crippen molar-refractivity contribution < 1.29 is 36.6 Å². The summed E-state index contributed by atoms with van der Waals surface area (Å²) < 4.78 is 67.6. The molecule has 2 aromatic heterocycles. The third-order valence-electron chi connectivity index (χ3n) is 3.56. The number of rotatable bonds is 5. The first-order chi connectivity index (χ1) is 12.4. The smallest absolute Gasteiger partial charge is 0.434 e. The number of halogens is 5. The minimum absolute atomic E-state index is 0.352. The summed E-state index contributed by atoms with van der Waals surface area (Å²) in [6.07, 6.45) is -6.99. The molecule has 27 heavy (non-hydrogen) atoms. The first-order valence-electron chi connectivity index (χ1n) is 7.64. The van der Waals surface area contributed by atoms with E-state index < -0.39 is 58.5 Å². The highest BCUT2D eigenvalue weighted by Crippen LogP contribution is 2.37. The van der Waals surface area contributed by atoms with Gasteiger partial charge in [0.1, 0.15) is 5.69 Å². The molecule has 0 aliphatic heterocycles. The highest BCUT2D eigenvalue weighted by molar-refractivity contribution is 6.02. The van der Waals surface area contributed by atoms with E-state index in [0.717, 1.165) is 12.4 Å². The lowest BCUT2D eigenvalue weighted by molar-refractivity contribution is -0.141. The number of hydrogen-bond acceptors (Lipinski definition) is 4. The van der Waals surface area contributed by atoms with E-state index in [9.17, 15) is 36.6 Å². The third-order valence-corrected chi connectivity index (χ3v) is 3.56. The Labute approximate surface area is 149 Å². The van der Waals surface area contributed by atoms with Crippen molar-refractivity contribution in [2.24, 2.45) is 5.92 Å². The maximum atomic E-state index is 13.5. The molecule has 0 amide bonds. The number of aromatic nitrogens is 3. The predicted molar refractivity (Wildman–Crippen MR) is 81.7 cm³/mol. The highest BCUT2D eigenvalue weighted by atomic mass is 19.4. The quantitative estimate of drug-likeness (QED) is 0.784. The second-order valence-corrected chi connectivity index (χ2v) is 6.03. The van der Waals surface area contributed by atoms with Crippen LogP contribution < -0.4 is 0 Å². The van der Waals surface area contributed by atoms with Gasteiger partial charge in [-0.15, -0.1) is 0 Å². The van der Waals surface area contributed by atoms with Crippen LogP contribution in [0.5, 0.6) is 0 Å². The Morgan fingerprint density at radius 2 is 1.85 bits per heavy atom. The summed E-state index contributed by atoms with van der Waals surface area (Å²) in [7, 11) is 0. The Morgan fingerprint density at radius 3 is 2.26 bits per heavy atom. The van der Waals surface area contributed by atoms with Crippen molar-refractivity contribution in [2.75, 3.05) is 0 Å². The molecule has 0 aromatic carbocycles. The number of carboxylic acids is 1. The van der Waals surface area contributed by atoms with Crippen molar-refractivity contribution in [1.29, 1.82) is 0 Å². The van der Waals surface area contributed by atoms with Crippen molar-refractivity contribution in [2.45, 2.75) is 32.9 Å². The van der Waals surface area contributed by atoms with E-state index in [0.29, 0.717) is 4.68 Å². The third kappa shape index (κ3) is 4.12. The lowest BCUT2D eigenvalue weighted by Crippen LogP contribution is -2.27. The van der Waals surface area contributed by atoms with E-state index in [2.05, 4.69) is 10.1 Å². The summed E-state index contributed by atoms with van der Waals surface area (Å²) in [6, 6.07) is 1.27. The minimum atomic E-state index is -5.26. The van der Waals surface area contributed by atoms with Crippen molar-refractivity contribution >= 4 is 11.9 Å². The summed E-state index contributed by atoms with van der Waals surface area (Å²) in [5.41, 5.74) is -6.22. The van der Waals surface area contributed by atoms with Gasteiger partial charge in [0.25, 0.3) is 12.3 Å². The molecule has 0 radical (unpaired) electrons. The average molecular weight is 391 g/mol. The van der Waals surface area contributed by atoms with Gasteiger partial charge in [-0.1, -0.05) is 13.8 Å². The molecule has 6 nitrogen and oxygen atoms in total. The largest absolute Gasteiger partial charge is 0.478 e. The van der Waals surface area contributed by atoms with Gasteiger partial charge in [-0.2, -0.15) is 18.3 Å². The van der Waals surface area contributed by atoms with Gasteiger partial charge in [-0.05, 0) is 24.0 Å². The van der Waals surface area contributed by atoms with Crippen molar-refractivity contribution in [1.82, 2.24) is 14.8 Å². The molecule has 146 valence electrons. The van der Waals surface area contributed by atoms with E-state index in [1.807, 2.05) is 0 Å². The molecular formula is C16H14F5N3O3. The molecule has 0 fully saturated rings. The van der Waals surface area contributed by atoms with E-state index in [4.69, 9.17) is 0 Å². The zero-order valence-electron chi connectivity index (χ0n) is 14.1. The van der Waals surface area contributed by atoms with Gasteiger partial charge in [0.2, 0.25) is 0 Å². The fraction of sp³-hybridized carbons (Fsp3) is 0.375. The normalized spacial score (nSPS) is 12.0. The number of pyridine rings is 1. The van der Waals surface area contributed by atoms with Crippen LogP contribution in [0, 0.1) is 5.92 Å². The van der Waals surface area contributed by atoms with Crippen LogP contribution in [-0.2, 0) is 12.6 Å². The van der Waals surface area contributed by atoms with Crippen molar-refractivity contribution in [3.63, 3.8) is 0 Å². The van der Waals surface area contributed by atoms with E-state index in [1.54, 1.807) is 13.8 Å². The fourth-order valence-electron chi connectivity index (χ4n) is 2.60. The zero-order chi connectivity index (χ0) is 20.5. The lowest BCUT2D eigenvalue weighted by atomic mass is 9.90. The first kappa shape index (κ1) is 20.5. The molecule has 0 atom stereocenters. The second-order valence-electron chi connectivity index (χ2n) is 6.03. The van der Waals surface area contributed by atoms with Gasteiger partial charge in [-0.25, -0.2) is 23.2 Å². The summed E-state index contributed by atoms with van der Waals surface area (Å²) in [5.74, 6) is -3.63. The number of carbonyl (C=O) groups excluding carboxylic acids is 1. The van der Waals surface area contributed by atoms with Gasteiger partial charge < -0.3 is 5.11 Å². The van der Waals surface area contributed by atoms with Crippen LogP contribution in [0.4, 0.5) is 22.0 Å². The Morgan fingerprint density at radius 1 is 1.22 bits per heavy atom. The molecule has 0 saturated heterocycles. The maximum absolute atomic E-state index is 13.5. The maximum Gasteiger partial charge on any atom is 0.434 e. The number of nitrogens with zero attached hydrogens (tertiary/aromatic N) is 3. The molecule has 0 unspecified atom stereocenters. The fourth-order valence-corrected chi connectivity index (χ4v) is 2.60. The monoisotopic (exact) mass is 391 g/mol. The molecule has 0 aliphatic rings. The Balaban J connectivity index is 2.98. The van der Waals surface area contributed by atoms with Crippen LogP contribution in [0.25, 0.3) is 0 Å². The van der Waals surface area contributed by atoms with Crippen molar-refractivity contribution in [3.8, 4) is 0 Å². The predicted octanol–water partition coefficient (Wildman–Crippen LogP) is 3.82. The molecule has 0 bridgehead atoms. The molecule has 1 N–H and O–H groups in total. The molecule has 11 heteroatoms.